The molecule has 0 radical (unpaired) electrons. The van der Waals surface area contributed by atoms with Crippen molar-refractivity contribution in [3.63, 3.8) is 0 Å². The molecule has 2 aliphatic carbocycles. The molecule has 0 spiro atoms. The fraction of sp³-hybridized carbons (Fsp3) is 0.231. The van der Waals surface area contributed by atoms with E-state index in [9.17, 15) is 0 Å². The van der Waals surface area contributed by atoms with Gasteiger partial charge in [-0.1, -0.05) is 48.1 Å². The molecular formula is C26H25N3. The molecule has 5 rings (SSSR count). The third-order valence-corrected chi connectivity index (χ3v) is 6.15. The lowest BCUT2D eigenvalue weighted by Crippen LogP contribution is -1.99. The number of hydrogen-bond donors (Lipinski definition) is 1. The fourth-order valence-electron chi connectivity index (χ4n) is 4.61. The highest BCUT2D eigenvalue weighted by atomic mass is 14.9. The van der Waals surface area contributed by atoms with Crippen LogP contribution in [0.15, 0.2) is 66.5 Å². The predicted octanol–water partition coefficient (Wildman–Crippen LogP) is 5.91. The van der Waals surface area contributed by atoms with E-state index in [1.807, 2.05) is 6.07 Å². The fourth-order valence-corrected chi connectivity index (χ4v) is 4.61. The number of nitrogens with two attached hydrogens (primary N) is 1. The highest BCUT2D eigenvalue weighted by molar-refractivity contribution is 6.08. The van der Waals surface area contributed by atoms with Gasteiger partial charge >= 0.3 is 0 Å². The van der Waals surface area contributed by atoms with Gasteiger partial charge in [-0.05, 0) is 84.6 Å². The molecule has 1 aromatic heterocycles. The molecule has 0 atom stereocenters. The van der Waals surface area contributed by atoms with E-state index in [1.165, 1.54) is 59.0 Å². The van der Waals surface area contributed by atoms with E-state index in [0.717, 1.165) is 29.3 Å². The monoisotopic (exact) mass is 379 g/mol. The smallest absolute Gasteiger partial charge is 0.134 e. The Morgan fingerprint density at radius 3 is 2.69 bits per heavy atom. The lowest BCUT2D eigenvalue weighted by atomic mass is 9.85. The van der Waals surface area contributed by atoms with Crippen LogP contribution >= 0.6 is 0 Å². The van der Waals surface area contributed by atoms with Gasteiger partial charge in [-0.3, -0.25) is 0 Å². The molecule has 1 heterocycles. The van der Waals surface area contributed by atoms with Gasteiger partial charge in [0.2, 0.25) is 0 Å². The van der Waals surface area contributed by atoms with Crippen molar-refractivity contribution in [1.82, 2.24) is 9.97 Å². The van der Waals surface area contributed by atoms with Crippen molar-refractivity contribution in [2.45, 2.75) is 39.0 Å². The van der Waals surface area contributed by atoms with Crippen molar-refractivity contribution in [3.05, 3.63) is 88.8 Å². The predicted molar refractivity (Wildman–Crippen MR) is 121 cm³/mol. The Kier molecular flexibility index (Phi) is 4.51. The summed E-state index contributed by atoms with van der Waals surface area (Å²) in [5.74, 6) is 0.526. The summed E-state index contributed by atoms with van der Waals surface area (Å²) >= 11 is 0. The maximum atomic E-state index is 6.15. The second kappa shape index (κ2) is 7.32. The van der Waals surface area contributed by atoms with Crippen LogP contribution in [0.2, 0.25) is 0 Å². The van der Waals surface area contributed by atoms with Gasteiger partial charge in [0.05, 0.1) is 5.52 Å². The minimum atomic E-state index is 0.526. The molecule has 3 heteroatoms. The van der Waals surface area contributed by atoms with Crippen LogP contribution in [0, 0.1) is 0 Å². The van der Waals surface area contributed by atoms with E-state index in [1.54, 1.807) is 0 Å². The van der Waals surface area contributed by atoms with Crippen LogP contribution in [0.4, 0.5) is 5.82 Å². The normalized spacial score (nSPS) is 16.5. The standard InChI is InChI=1S/C26H25N3/c1-17-6-3-2-4-9-22(20-12-13-24-23(15-20)26(27)29-16-28-24)25(17)21-11-10-18-7-5-8-19(18)14-21/h2,4,9-16H,3,5-8H2,1H3,(H2,27,28,29). The first-order chi connectivity index (χ1) is 14.2. The van der Waals surface area contributed by atoms with Crippen LogP contribution in [0.3, 0.4) is 0 Å². The van der Waals surface area contributed by atoms with Gasteiger partial charge in [-0.15, -0.1) is 0 Å². The Bertz CT molecular complexity index is 1200. The van der Waals surface area contributed by atoms with Crippen molar-refractivity contribution in [1.29, 1.82) is 0 Å². The Balaban J connectivity index is 1.70. The summed E-state index contributed by atoms with van der Waals surface area (Å²) in [7, 11) is 0. The largest absolute Gasteiger partial charge is 0.383 e. The van der Waals surface area contributed by atoms with Gasteiger partial charge in [-0.25, -0.2) is 9.97 Å². The number of allylic oxidation sites excluding steroid dienone is 6. The number of hydrogen-bond acceptors (Lipinski definition) is 3. The SMILES string of the molecule is CC1=C(c2ccc3c(c2)CCC3)C(c2ccc3ncnc(N)c3c2)=CC=CCC1. The van der Waals surface area contributed by atoms with Crippen molar-refractivity contribution < 1.29 is 0 Å². The zero-order chi connectivity index (χ0) is 19.8. The Morgan fingerprint density at radius 1 is 0.897 bits per heavy atom. The molecule has 3 nitrogen and oxygen atoms in total. The molecule has 2 aliphatic rings. The second-order valence-corrected chi connectivity index (χ2v) is 8.03. The molecular weight excluding hydrogens is 354 g/mol. The van der Waals surface area contributed by atoms with E-state index < -0.39 is 0 Å². The Morgan fingerprint density at radius 2 is 1.76 bits per heavy atom. The number of rotatable bonds is 2. The summed E-state index contributed by atoms with van der Waals surface area (Å²) in [4.78, 5) is 8.54. The minimum Gasteiger partial charge on any atom is -0.383 e. The number of benzene rings is 2. The van der Waals surface area contributed by atoms with E-state index in [4.69, 9.17) is 5.73 Å². The van der Waals surface area contributed by atoms with E-state index in [-0.39, 0.29) is 0 Å². The van der Waals surface area contributed by atoms with Gasteiger partial charge in [-0.2, -0.15) is 0 Å². The molecule has 144 valence electrons. The van der Waals surface area contributed by atoms with Gasteiger partial charge in [0, 0.05) is 5.39 Å². The highest BCUT2D eigenvalue weighted by Crippen LogP contribution is 2.39. The molecule has 0 bridgehead atoms. The maximum absolute atomic E-state index is 6.15. The average molecular weight is 380 g/mol. The number of nitrogens with zero attached hydrogens (tertiary/aromatic N) is 2. The summed E-state index contributed by atoms with van der Waals surface area (Å²) in [6.45, 7) is 2.27. The van der Waals surface area contributed by atoms with Crippen molar-refractivity contribution in [2.24, 2.45) is 0 Å². The molecule has 29 heavy (non-hydrogen) atoms. The zero-order valence-corrected chi connectivity index (χ0v) is 16.8. The van der Waals surface area contributed by atoms with Crippen molar-refractivity contribution in [2.75, 3.05) is 5.73 Å². The summed E-state index contributed by atoms with van der Waals surface area (Å²) in [5.41, 5.74) is 16.5. The summed E-state index contributed by atoms with van der Waals surface area (Å²) in [5, 5.41) is 0.905. The maximum Gasteiger partial charge on any atom is 0.134 e. The molecule has 0 unspecified atom stereocenters. The number of aromatic nitrogens is 2. The van der Waals surface area contributed by atoms with Crippen LogP contribution in [-0.4, -0.2) is 9.97 Å². The Hall–Kier alpha value is -3.20. The van der Waals surface area contributed by atoms with Crippen LogP contribution in [-0.2, 0) is 12.8 Å². The third-order valence-electron chi connectivity index (χ3n) is 6.15. The Labute approximate surface area is 171 Å². The van der Waals surface area contributed by atoms with Crippen molar-refractivity contribution in [3.8, 4) is 0 Å². The van der Waals surface area contributed by atoms with Crippen LogP contribution in [0.5, 0.6) is 0 Å². The lowest BCUT2D eigenvalue weighted by molar-refractivity contribution is 0.911. The number of fused-ring (bicyclic) bond motifs is 2. The molecule has 2 aromatic carbocycles. The van der Waals surface area contributed by atoms with Gasteiger partial charge in [0.1, 0.15) is 12.1 Å². The molecule has 3 aromatic rings. The van der Waals surface area contributed by atoms with Gasteiger partial charge in [0.15, 0.2) is 0 Å². The number of anilines is 1. The second-order valence-electron chi connectivity index (χ2n) is 8.03. The molecule has 0 saturated heterocycles. The lowest BCUT2D eigenvalue weighted by Gasteiger charge is -2.19. The van der Waals surface area contributed by atoms with Gasteiger partial charge < -0.3 is 5.73 Å². The molecule has 0 fully saturated rings. The zero-order valence-electron chi connectivity index (χ0n) is 16.8. The molecule has 0 saturated carbocycles. The van der Waals surface area contributed by atoms with Crippen LogP contribution in [0.1, 0.15) is 48.4 Å². The van der Waals surface area contributed by atoms with E-state index in [0.29, 0.717) is 5.82 Å². The minimum absolute atomic E-state index is 0.526. The van der Waals surface area contributed by atoms with E-state index >= 15 is 0 Å². The summed E-state index contributed by atoms with van der Waals surface area (Å²) < 4.78 is 0. The van der Waals surface area contributed by atoms with Crippen LogP contribution in [0.25, 0.3) is 22.0 Å². The first kappa shape index (κ1) is 17.9. The van der Waals surface area contributed by atoms with Crippen molar-refractivity contribution >= 4 is 27.9 Å². The summed E-state index contributed by atoms with van der Waals surface area (Å²) in [6.07, 6.45) is 14.0. The van der Waals surface area contributed by atoms with E-state index in [2.05, 4.69) is 65.5 Å². The quantitative estimate of drug-likeness (QED) is 0.602. The third kappa shape index (κ3) is 3.27. The first-order valence-electron chi connectivity index (χ1n) is 10.4. The highest BCUT2D eigenvalue weighted by Gasteiger charge is 2.18. The number of aryl methyl sites for hydroxylation is 2. The molecule has 0 aliphatic heterocycles. The first-order valence-corrected chi connectivity index (χ1v) is 10.4. The summed E-state index contributed by atoms with van der Waals surface area (Å²) in [6, 6.07) is 13.4. The van der Waals surface area contributed by atoms with Crippen LogP contribution < -0.4 is 5.73 Å². The number of nitrogen functional groups attached to an aromatic ring is 1. The average Bonchev–Trinajstić information content (AvgIpc) is 3.19. The molecule has 0 amide bonds. The topological polar surface area (TPSA) is 51.8 Å². The molecule has 2 N–H and O–H groups in total. The van der Waals surface area contributed by atoms with Gasteiger partial charge in [0.25, 0.3) is 0 Å².